The summed E-state index contributed by atoms with van der Waals surface area (Å²) < 4.78 is 48.1. The lowest BCUT2D eigenvalue weighted by Crippen LogP contribution is -2.41. The summed E-state index contributed by atoms with van der Waals surface area (Å²) in [5.74, 6) is -0.929. The number of fused-ring (bicyclic) bond motifs is 1. The van der Waals surface area contributed by atoms with Crippen molar-refractivity contribution >= 4 is 22.7 Å². The predicted molar refractivity (Wildman–Crippen MR) is 132 cm³/mol. The monoisotopic (exact) mass is 508 g/mol. The summed E-state index contributed by atoms with van der Waals surface area (Å²) in [5, 5.41) is 7.80. The minimum absolute atomic E-state index is 0.0573. The SMILES string of the molecule is CS(=O)Nc1c2c(nn1CCC1CC1)CC(CCc1cccc(OCCCC(C)(F)F)c1)NC2=O. The van der Waals surface area contributed by atoms with Crippen LogP contribution in [-0.4, -0.2) is 44.7 Å². The van der Waals surface area contributed by atoms with Gasteiger partial charge in [-0.15, -0.1) is 0 Å². The maximum atomic E-state index is 13.0. The van der Waals surface area contributed by atoms with Crippen molar-refractivity contribution in [2.24, 2.45) is 5.92 Å². The van der Waals surface area contributed by atoms with Gasteiger partial charge in [-0.3, -0.25) is 9.52 Å². The average Bonchev–Trinajstić information content (AvgIpc) is 3.55. The normalized spacial score (nSPS) is 18.6. The molecule has 2 aliphatic rings. The van der Waals surface area contributed by atoms with Crippen LogP contribution in [0.15, 0.2) is 24.3 Å². The van der Waals surface area contributed by atoms with E-state index >= 15 is 0 Å². The number of rotatable bonds is 13. The number of alkyl halides is 2. The topological polar surface area (TPSA) is 85.2 Å². The first kappa shape index (κ1) is 25.6. The van der Waals surface area contributed by atoms with Crippen LogP contribution in [0.5, 0.6) is 5.75 Å². The Morgan fingerprint density at radius 3 is 2.83 bits per heavy atom. The molecule has 1 saturated carbocycles. The molecule has 2 atom stereocenters. The molecule has 0 spiro atoms. The molecule has 2 aromatic rings. The fraction of sp³-hybridized carbons (Fsp3) is 0.600. The van der Waals surface area contributed by atoms with E-state index in [4.69, 9.17) is 9.84 Å². The van der Waals surface area contributed by atoms with Crippen LogP contribution in [0.25, 0.3) is 0 Å². The van der Waals surface area contributed by atoms with E-state index in [1.165, 1.54) is 12.8 Å². The molecule has 0 saturated heterocycles. The highest BCUT2D eigenvalue weighted by molar-refractivity contribution is 7.85. The zero-order valence-electron chi connectivity index (χ0n) is 20.3. The van der Waals surface area contributed by atoms with Crippen LogP contribution in [0, 0.1) is 5.92 Å². The number of anilines is 1. The number of nitrogens with zero attached hydrogens (tertiary/aromatic N) is 2. The highest BCUT2D eigenvalue weighted by Gasteiger charge is 2.32. The van der Waals surface area contributed by atoms with Crippen LogP contribution >= 0.6 is 0 Å². The van der Waals surface area contributed by atoms with E-state index in [0.717, 1.165) is 43.4 Å². The molecule has 2 unspecified atom stereocenters. The number of hydrogen-bond donors (Lipinski definition) is 2. The van der Waals surface area contributed by atoms with Gasteiger partial charge in [0.05, 0.1) is 12.3 Å². The summed E-state index contributed by atoms with van der Waals surface area (Å²) in [7, 11) is -1.30. The molecule has 0 bridgehead atoms. The number of nitrogens with one attached hydrogen (secondary N) is 2. The zero-order chi connectivity index (χ0) is 25.0. The van der Waals surface area contributed by atoms with Gasteiger partial charge < -0.3 is 10.1 Å². The highest BCUT2D eigenvalue weighted by atomic mass is 32.2. The summed E-state index contributed by atoms with van der Waals surface area (Å²) in [6.07, 6.45) is 7.22. The van der Waals surface area contributed by atoms with Crippen LogP contribution in [0.4, 0.5) is 14.6 Å². The first-order valence-electron chi connectivity index (χ1n) is 12.3. The fourth-order valence-corrected chi connectivity index (χ4v) is 4.91. The summed E-state index contributed by atoms with van der Waals surface area (Å²) in [4.78, 5) is 13.0. The number of carbonyl (C=O) groups is 1. The number of ether oxygens (including phenoxy) is 1. The molecular formula is C25H34F2N4O3S. The van der Waals surface area contributed by atoms with E-state index in [9.17, 15) is 17.8 Å². The van der Waals surface area contributed by atoms with E-state index in [0.29, 0.717) is 36.5 Å². The Labute approximate surface area is 207 Å². The van der Waals surface area contributed by atoms with Crippen molar-refractivity contribution in [2.45, 2.75) is 76.8 Å². The highest BCUT2D eigenvalue weighted by Crippen LogP contribution is 2.34. The Hall–Kier alpha value is -2.49. The molecule has 1 aliphatic carbocycles. The van der Waals surface area contributed by atoms with Gasteiger partial charge in [-0.25, -0.2) is 17.7 Å². The molecule has 0 radical (unpaired) electrons. The van der Waals surface area contributed by atoms with Gasteiger partial charge in [0.25, 0.3) is 5.91 Å². The number of aryl methyl sites for hydroxylation is 2. The second-order valence-electron chi connectivity index (χ2n) is 9.76. The number of aromatic nitrogens is 2. The van der Waals surface area contributed by atoms with Crippen molar-refractivity contribution in [2.75, 3.05) is 17.6 Å². The average molecular weight is 509 g/mol. The molecule has 1 aliphatic heterocycles. The molecule has 4 rings (SSSR count). The van der Waals surface area contributed by atoms with Crippen LogP contribution in [0.3, 0.4) is 0 Å². The number of hydrogen-bond acceptors (Lipinski definition) is 4. The Morgan fingerprint density at radius 2 is 2.11 bits per heavy atom. The van der Waals surface area contributed by atoms with Crippen molar-refractivity contribution in [3.05, 3.63) is 41.1 Å². The second kappa shape index (κ2) is 11.1. The second-order valence-corrected chi connectivity index (χ2v) is 10.9. The largest absolute Gasteiger partial charge is 0.494 e. The van der Waals surface area contributed by atoms with Gasteiger partial charge in [0, 0.05) is 31.7 Å². The number of benzene rings is 1. The lowest BCUT2D eigenvalue weighted by atomic mass is 9.96. The van der Waals surface area contributed by atoms with Gasteiger partial charge in [0.15, 0.2) is 0 Å². The Bertz CT molecular complexity index is 1070. The number of carbonyl (C=O) groups excluding carboxylic acids is 1. The lowest BCUT2D eigenvalue weighted by molar-refractivity contribution is 0.00768. The Balaban J connectivity index is 1.35. The maximum absolute atomic E-state index is 13.0. The van der Waals surface area contributed by atoms with Crippen molar-refractivity contribution in [3.8, 4) is 5.75 Å². The molecule has 1 aromatic heterocycles. The molecule has 7 nitrogen and oxygen atoms in total. The molecule has 1 aromatic carbocycles. The number of halogens is 2. The molecule has 2 heterocycles. The molecular weight excluding hydrogens is 474 g/mol. The number of amides is 1. The van der Waals surface area contributed by atoms with Gasteiger partial charge in [-0.05, 0) is 56.2 Å². The molecule has 35 heavy (non-hydrogen) atoms. The third-order valence-corrected chi connectivity index (χ3v) is 6.90. The summed E-state index contributed by atoms with van der Waals surface area (Å²) in [6, 6.07) is 7.57. The molecule has 1 fully saturated rings. The quantitative estimate of drug-likeness (QED) is 0.391. The zero-order valence-corrected chi connectivity index (χ0v) is 21.1. The minimum atomic E-state index is -2.67. The smallest absolute Gasteiger partial charge is 0.257 e. The fourth-order valence-electron chi connectivity index (χ4n) is 4.43. The van der Waals surface area contributed by atoms with Gasteiger partial charge in [-0.1, -0.05) is 25.0 Å². The van der Waals surface area contributed by atoms with Gasteiger partial charge in [0.2, 0.25) is 5.92 Å². The van der Waals surface area contributed by atoms with Gasteiger partial charge in [-0.2, -0.15) is 5.10 Å². The summed E-state index contributed by atoms with van der Waals surface area (Å²) >= 11 is 0. The van der Waals surface area contributed by atoms with E-state index in [1.54, 1.807) is 6.26 Å². The molecule has 2 N–H and O–H groups in total. The lowest BCUT2D eigenvalue weighted by Gasteiger charge is -2.23. The summed E-state index contributed by atoms with van der Waals surface area (Å²) in [5.41, 5.74) is 2.30. The van der Waals surface area contributed by atoms with Crippen molar-refractivity contribution in [3.63, 3.8) is 0 Å². The summed E-state index contributed by atoms with van der Waals surface area (Å²) in [6.45, 7) is 1.87. The van der Waals surface area contributed by atoms with Gasteiger partial charge in [0.1, 0.15) is 28.1 Å². The van der Waals surface area contributed by atoms with E-state index in [-0.39, 0.29) is 25.0 Å². The molecule has 192 valence electrons. The van der Waals surface area contributed by atoms with Crippen LogP contribution < -0.4 is 14.8 Å². The van der Waals surface area contributed by atoms with Crippen LogP contribution in [0.2, 0.25) is 0 Å². The van der Waals surface area contributed by atoms with Crippen LogP contribution in [-0.2, 0) is 30.4 Å². The molecule has 1 amide bonds. The van der Waals surface area contributed by atoms with Crippen molar-refractivity contribution in [1.29, 1.82) is 0 Å². The third-order valence-electron chi connectivity index (χ3n) is 6.42. The van der Waals surface area contributed by atoms with Crippen LogP contribution in [0.1, 0.15) is 67.1 Å². The standard InChI is InChI=1S/C25H34F2N4O3S/c1-25(26,27)12-4-14-34-20-6-3-5-18(15-20)9-10-19-16-21-22(24(32)28-19)23(30-35(2)33)31(29-21)13-11-17-7-8-17/h3,5-6,15,17,19,30H,4,7-14,16H2,1-2H3,(H,28,32). The Morgan fingerprint density at radius 1 is 1.31 bits per heavy atom. The van der Waals surface area contributed by atoms with E-state index in [1.807, 2.05) is 28.9 Å². The first-order valence-corrected chi connectivity index (χ1v) is 13.8. The van der Waals surface area contributed by atoms with Crippen molar-refractivity contribution in [1.82, 2.24) is 15.1 Å². The predicted octanol–water partition coefficient (Wildman–Crippen LogP) is 4.49. The third kappa shape index (κ3) is 7.49. The first-order chi connectivity index (χ1) is 16.7. The Kier molecular flexibility index (Phi) is 8.09. The van der Waals surface area contributed by atoms with Gasteiger partial charge >= 0.3 is 0 Å². The van der Waals surface area contributed by atoms with E-state index in [2.05, 4.69) is 10.0 Å². The minimum Gasteiger partial charge on any atom is -0.494 e. The molecule has 10 heteroatoms. The maximum Gasteiger partial charge on any atom is 0.257 e. The van der Waals surface area contributed by atoms with Crippen molar-refractivity contribution < 1.29 is 22.5 Å². The van der Waals surface area contributed by atoms with E-state index < -0.39 is 16.9 Å².